The average Bonchev–Trinajstić information content (AvgIpc) is 2.89. The number of hydrogen-bond donors (Lipinski definition) is 0. The van der Waals surface area contributed by atoms with Crippen LogP contribution in [0.1, 0.15) is 19.9 Å². The Balaban J connectivity index is 2.31. The van der Waals surface area contributed by atoms with Gasteiger partial charge in [-0.25, -0.2) is 9.67 Å². The van der Waals surface area contributed by atoms with Gasteiger partial charge in [0.2, 0.25) is 0 Å². The van der Waals surface area contributed by atoms with Crippen molar-refractivity contribution >= 4 is 22.4 Å². The quantitative estimate of drug-likeness (QED) is 0.720. The van der Waals surface area contributed by atoms with Crippen LogP contribution < -0.4 is 0 Å². The lowest BCUT2D eigenvalue weighted by Crippen LogP contribution is -2.06. The molecule has 0 aliphatic carbocycles. The minimum Gasteiger partial charge on any atom is -0.242 e. The van der Waals surface area contributed by atoms with Crippen LogP contribution in [-0.4, -0.2) is 25.0 Å². The maximum atomic E-state index is 6.08. The Kier molecular flexibility index (Phi) is 2.91. The number of aromatic nitrogens is 5. The summed E-state index contributed by atoms with van der Waals surface area (Å²) in [4.78, 5) is 4.29. The lowest BCUT2D eigenvalue weighted by Gasteiger charge is -2.10. The molecule has 2 aromatic heterocycles. The van der Waals surface area contributed by atoms with Gasteiger partial charge in [0.1, 0.15) is 12.0 Å². The van der Waals surface area contributed by atoms with Gasteiger partial charge in [-0.15, -0.1) is 10.2 Å². The van der Waals surface area contributed by atoms with E-state index in [-0.39, 0.29) is 6.04 Å². The number of nitrogens with zero attached hydrogens (tertiary/aromatic N) is 5. The molecule has 0 spiro atoms. The highest BCUT2D eigenvalue weighted by Gasteiger charge is 2.16. The molecule has 19 heavy (non-hydrogen) atoms. The van der Waals surface area contributed by atoms with E-state index in [0.717, 1.165) is 10.8 Å². The van der Waals surface area contributed by atoms with Crippen LogP contribution in [0.15, 0.2) is 30.6 Å². The van der Waals surface area contributed by atoms with E-state index < -0.39 is 0 Å². The van der Waals surface area contributed by atoms with Gasteiger partial charge in [0, 0.05) is 16.8 Å². The molecule has 1 aromatic carbocycles. The molecule has 3 rings (SSSR count). The highest BCUT2D eigenvalue weighted by Crippen LogP contribution is 2.28. The zero-order valence-corrected chi connectivity index (χ0v) is 11.3. The van der Waals surface area contributed by atoms with E-state index in [4.69, 9.17) is 11.6 Å². The first-order chi connectivity index (χ1) is 9.18. The van der Waals surface area contributed by atoms with Gasteiger partial charge in [-0.1, -0.05) is 35.9 Å². The molecule has 0 aliphatic heterocycles. The van der Waals surface area contributed by atoms with Crippen LogP contribution in [0.3, 0.4) is 0 Å². The Hall–Kier alpha value is -2.01. The van der Waals surface area contributed by atoms with Crippen molar-refractivity contribution in [2.24, 2.45) is 0 Å². The maximum Gasteiger partial charge on any atom is 0.179 e. The fraction of sp³-hybridized carbons (Fsp3) is 0.231. The summed E-state index contributed by atoms with van der Waals surface area (Å²) in [6, 6.07) is 7.96. The molecule has 0 amide bonds. The van der Waals surface area contributed by atoms with Crippen molar-refractivity contribution in [2.75, 3.05) is 0 Å². The molecular formula is C13H12ClN5. The molecule has 0 unspecified atom stereocenters. The van der Waals surface area contributed by atoms with Crippen molar-refractivity contribution in [3.8, 4) is 11.5 Å². The number of hydrogen-bond acceptors (Lipinski definition) is 4. The predicted molar refractivity (Wildman–Crippen MR) is 73.9 cm³/mol. The maximum absolute atomic E-state index is 6.08. The first-order valence-electron chi connectivity index (χ1n) is 5.99. The second-order valence-electron chi connectivity index (χ2n) is 4.51. The molecule has 0 saturated heterocycles. The van der Waals surface area contributed by atoms with Crippen LogP contribution in [-0.2, 0) is 0 Å². The Morgan fingerprint density at radius 3 is 2.58 bits per heavy atom. The van der Waals surface area contributed by atoms with E-state index >= 15 is 0 Å². The number of rotatable bonds is 2. The lowest BCUT2D eigenvalue weighted by atomic mass is 10.1. The summed E-state index contributed by atoms with van der Waals surface area (Å²) in [5.41, 5.74) is 0.700. The van der Waals surface area contributed by atoms with Crippen LogP contribution in [0.5, 0.6) is 0 Å². The largest absolute Gasteiger partial charge is 0.242 e. The summed E-state index contributed by atoms with van der Waals surface area (Å²) < 4.78 is 1.82. The molecule has 0 saturated carbocycles. The topological polar surface area (TPSA) is 56.5 Å². The smallest absolute Gasteiger partial charge is 0.179 e. The Labute approximate surface area is 115 Å². The SMILES string of the molecule is CC(C)n1ncnc1-c1nnc(Cl)c2ccccc12. The number of fused-ring (bicyclic) bond motifs is 1. The Morgan fingerprint density at radius 2 is 1.84 bits per heavy atom. The Morgan fingerprint density at radius 1 is 1.11 bits per heavy atom. The van der Waals surface area contributed by atoms with Crippen LogP contribution in [0, 0.1) is 0 Å². The summed E-state index contributed by atoms with van der Waals surface area (Å²) in [7, 11) is 0. The lowest BCUT2D eigenvalue weighted by molar-refractivity contribution is 0.536. The Bertz CT molecular complexity index is 735. The predicted octanol–water partition coefficient (Wildman–Crippen LogP) is 3.12. The van der Waals surface area contributed by atoms with E-state index in [1.807, 2.05) is 42.8 Å². The fourth-order valence-electron chi connectivity index (χ4n) is 2.03. The summed E-state index contributed by atoms with van der Waals surface area (Å²) >= 11 is 6.08. The third kappa shape index (κ3) is 1.96. The van der Waals surface area contributed by atoms with Gasteiger partial charge in [0.05, 0.1) is 0 Å². The summed E-state index contributed by atoms with van der Waals surface area (Å²) in [6.07, 6.45) is 1.53. The van der Waals surface area contributed by atoms with Crippen LogP contribution in [0.2, 0.25) is 5.15 Å². The van der Waals surface area contributed by atoms with Crippen molar-refractivity contribution in [1.82, 2.24) is 25.0 Å². The minimum absolute atomic E-state index is 0.203. The van der Waals surface area contributed by atoms with Gasteiger partial charge < -0.3 is 0 Å². The molecule has 0 fully saturated rings. The first kappa shape index (κ1) is 12.0. The second-order valence-corrected chi connectivity index (χ2v) is 4.86. The summed E-state index contributed by atoms with van der Waals surface area (Å²) in [5, 5.41) is 14.6. The van der Waals surface area contributed by atoms with E-state index in [1.165, 1.54) is 6.33 Å². The zero-order chi connectivity index (χ0) is 13.4. The van der Waals surface area contributed by atoms with Gasteiger partial charge in [-0.3, -0.25) is 0 Å². The van der Waals surface area contributed by atoms with E-state index in [0.29, 0.717) is 16.7 Å². The second kappa shape index (κ2) is 4.59. The number of benzene rings is 1. The standard InChI is InChI=1S/C13H12ClN5/c1-8(2)19-13(15-7-16-19)11-9-5-3-4-6-10(9)12(14)18-17-11/h3-8H,1-2H3. The molecule has 0 bridgehead atoms. The van der Waals surface area contributed by atoms with E-state index in [2.05, 4.69) is 20.3 Å². The molecule has 0 atom stereocenters. The summed E-state index contributed by atoms with van der Waals surface area (Å²) in [5.74, 6) is 0.704. The molecule has 5 nitrogen and oxygen atoms in total. The molecule has 0 aliphatic rings. The van der Waals surface area contributed by atoms with Gasteiger partial charge in [0.15, 0.2) is 11.0 Å². The monoisotopic (exact) mass is 273 g/mol. The zero-order valence-electron chi connectivity index (χ0n) is 10.6. The van der Waals surface area contributed by atoms with Crippen LogP contribution >= 0.6 is 11.6 Å². The molecule has 3 aromatic rings. The van der Waals surface area contributed by atoms with Crippen molar-refractivity contribution in [2.45, 2.75) is 19.9 Å². The average molecular weight is 274 g/mol. The normalized spacial score (nSPS) is 11.4. The van der Waals surface area contributed by atoms with Crippen LogP contribution in [0.25, 0.3) is 22.3 Å². The number of halogens is 1. The fourth-order valence-corrected chi connectivity index (χ4v) is 2.24. The van der Waals surface area contributed by atoms with Gasteiger partial charge in [-0.2, -0.15) is 5.10 Å². The highest BCUT2D eigenvalue weighted by atomic mass is 35.5. The van der Waals surface area contributed by atoms with Crippen molar-refractivity contribution in [3.63, 3.8) is 0 Å². The van der Waals surface area contributed by atoms with Crippen molar-refractivity contribution in [3.05, 3.63) is 35.7 Å². The molecule has 0 radical (unpaired) electrons. The van der Waals surface area contributed by atoms with Gasteiger partial charge in [-0.05, 0) is 13.8 Å². The van der Waals surface area contributed by atoms with E-state index in [1.54, 1.807) is 0 Å². The van der Waals surface area contributed by atoms with Crippen LogP contribution in [0.4, 0.5) is 0 Å². The third-order valence-electron chi connectivity index (χ3n) is 2.92. The molecule has 0 N–H and O–H groups in total. The van der Waals surface area contributed by atoms with Crippen molar-refractivity contribution < 1.29 is 0 Å². The molecular weight excluding hydrogens is 262 g/mol. The van der Waals surface area contributed by atoms with Gasteiger partial charge in [0.25, 0.3) is 0 Å². The summed E-state index contributed by atoms with van der Waals surface area (Å²) in [6.45, 7) is 4.09. The highest BCUT2D eigenvalue weighted by molar-refractivity contribution is 6.34. The molecule has 2 heterocycles. The van der Waals surface area contributed by atoms with E-state index in [9.17, 15) is 0 Å². The van der Waals surface area contributed by atoms with Crippen molar-refractivity contribution in [1.29, 1.82) is 0 Å². The first-order valence-corrected chi connectivity index (χ1v) is 6.37. The third-order valence-corrected chi connectivity index (χ3v) is 3.20. The molecule has 6 heteroatoms. The minimum atomic E-state index is 0.203. The molecule has 96 valence electrons. The van der Waals surface area contributed by atoms with Gasteiger partial charge >= 0.3 is 0 Å².